The Labute approximate surface area is 149 Å². The summed E-state index contributed by atoms with van der Waals surface area (Å²) in [6.07, 6.45) is 1.14. The monoisotopic (exact) mass is 349 g/mol. The lowest BCUT2D eigenvalue weighted by Crippen LogP contribution is -2.37. The summed E-state index contributed by atoms with van der Waals surface area (Å²) >= 11 is 0. The second-order valence-electron chi connectivity index (χ2n) is 7.00. The van der Waals surface area contributed by atoms with Crippen molar-refractivity contribution in [1.29, 1.82) is 0 Å². The zero-order chi connectivity index (χ0) is 18.0. The van der Waals surface area contributed by atoms with Crippen molar-refractivity contribution < 1.29 is 9.90 Å². The number of amides is 1. The van der Waals surface area contributed by atoms with Crippen LogP contribution in [0.4, 0.5) is 0 Å². The molecule has 26 heavy (non-hydrogen) atoms. The molecule has 1 saturated heterocycles. The Morgan fingerprint density at radius 1 is 1.19 bits per heavy atom. The van der Waals surface area contributed by atoms with Gasteiger partial charge >= 0.3 is 5.69 Å². The third-order valence-corrected chi connectivity index (χ3v) is 5.69. The van der Waals surface area contributed by atoms with E-state index in [1.165, 1.54) is 4.57 Å². The predicted octanol–water partition coefficient (Wildman–Crippen LogP) is 2.74. The fraction of sp³-hybridized carbons (Fsp3) is 0.300. The minimum absolute atomic E-state index is 0.0487. The van der Waals surface area contributed by atoms with Gasteiger partial charge in [0.1, 0.15) is 5.69 Å². The fourth-order valence-corrected chi connectivity index (χ4v) is 4.55. The van der Waals surface area contributed by atoms with E-state index in [-0.39, 0.29) is 29.6 Å². The van der Waals surface area contributed by atoms with E-state index >= 15 is 0 Å². The van der Waals surface area contributed by atoms with E-state index in [2.05, 4.69) is 0 Å². The van der Waals surface area contributed by atoms with Crippen LogP contribution in [0.3, 0.4) is 0 Å². The first-order valence-electron chi connectivity index (χ1n) is 8.95. The zero-order valence-corrected chi connectivity index (χ0v) is 14.4. The quantitative estimate of drug-likeness (QED) is 0.773. The van der Waals surface area contributed by atoms with Gasteiger partial charge in [-0.3, -0.25) is 9.36 Å². The van der Waals surface area contributed by atoms with Crippen LogP contribution in [0.15, 0.2) is 47.3 Å². The molecule has 2 aromatic carbocycles. The molecule has 5 rings (SSSR count). The van der Waals surface area contributed by atoms with Gasteiger partial charge in [-0.25, -0.2) is 9.36 Å². The summed E-state index contributed by atoms with van der Waals surface area (Å²) in [5.41, 5.74) is 1.01. The number of aromatic hydroxyl groups is 1. The van der Waals surface area contributed by atoms with Crippen LogP contribution in [0.2, 0.25) is 0 Å². The largest absolute Gasteiger partial charge is 0.493 e. The highest BCUT2D eigenvalue weighted by Crippen LogP contribution is 2.48. The highest BCUT2D eigenvalue weighted by Gasteiger charge is 2.48. The van der Waals surface area contributed by atoms with E-state index in [9.17, 15) is 14.7 Å². The number of carbonyl (C=O) groups is 1. The summed E-state index contributed by atoms with van der Waals surface area (Å²) in [4.78, 5) is 27.1. The molecular weight excluding hydrogens is 330 g/mol. The van der Waals surface area contributed by atoms with Crippen LogP contribution in [0.5, 0.6) is 5.88 Å². The van der Waals surface area contributed by atoms with Crippen molar-refractivity contribution >= 4 is 16.7 Å². The Kier molecular flexibility index (Phi) is 3.07. The molecule has 6 heteroatoms. The Bertz CT molecular complexity index is 1110. The molecule has 0 spiro atoms. The second kappa shape index (κ2) is 5.24. The molecule has 3 aromatic rings. The molecule has 1 aromatic heterocycles. The molecule has 0 aliphatic carbocycles. The first kappa shape index (κ1) is 15.3. The molecular formula is C20H19N3O3. The van der Waals surface area contributed by atoms with Crippen LogP contribution < -0.4 is 5.69 Å². The molecule has 1 fully saturated rings. The average Bonchev–Trinajstić information content (AvgIpc) is 3.32. The molecule has 2 atom stereocenters. The Balaban J connectivity index is 1.73. The van der Waals surface area contributed by atoms with Gasteiger partial charge in [0.25, 0.3) is 0 Å². The zero-order valence-electron chi connectivity index (χ0n) is 14.4. The number of carbonyl (C=O) groups excluding carboxylic acids is 1. The number of hydrogen-bond donors (Lipinski definition) is 1. The molecule has 0 saturated carbocycles. The summed E-state index contributed by atoms with van der Waals surface area (Å²) in [6.45, 7) is 2.38. The molecule has 0 radical (unpaired) electrons. The molecule has 1 N–H and O–H groups in total. The van der Waals surface area contributed by atoms with E-state index in [1.54, 1.807) is 9.47 Å². The number of fused-ring (bicyclic) bond motifs is 6. The molecule has 2 aliphatic heterocycles. The number of hydrogen-bond acceptors (Lipinski definition) is 3. The molecule has 1 unspecified atom stereocenters. The normalized spacial score (nSPS) is 20.7. The number of nitrogens with zero attached hydrogens (tertiary/aromatic N) is 3. The van der Waals surface area contributed by atoms with E-state index < -0.39 is 0 Å². The molecule has 6 nitrogen and oxygen atoms in total. The molecule has 2 aliphatic rings. The van der Waals surface area contributed by atoms with Crippen molar-refractivity contribution in [2.75, 3.05) is 6.54 Å². The lowest BCUT2D eigenvalue weighted by atomic mass is 10.1. The number of aromatic nitrogens is 2. The summed E-state index contributed by atoms with van der Waals surface area (Å²) < 4.78 is 3.07. The standard InChI is InChI=1S/C20H19N3O3/c1-2-17(24)21-11-13-10-16(21)18-19(25)23(20(26)22(13)18)15-9-5-7-12-6-3-4-8-14(12)15/h3-9,13,16,25H,2,10-11H2,1H3/t13-,16?/m1/s1. The van der Waals surface area contributed by atoms with Gasteiger partial charge in [-0.05, 0) is 17.9 Å². The first-order valence-corrected chi connectivity index (χ1v) is 8.95. The van der Waals surface area contributed by atoms with Crippen molar-refractivity contribution in [3.63, 3.8) is 0 Å². The van der Waals surface area contributed by atoms with Gasteiger partial charge in [-0.1, -0.05) is 43.3 Å². The van der Waals surface area contributed by atoms with Crippen LogP contribution in [-0.4, -0.2) is 31.6 Å². The van der Waals surface area contributed by atoms with Crippen LogP contribution >= 0.6 is 0 Å². The summed E-state index contributed by atoms with van der Waals surface area (Å²) in [6, 6.07) is 13.2. The summed E-state index contributed by atoms with van der Waals surface area (Å²) in [7, 11) is 0. The van der Waals surface area contributed by atoms with Crippen molar-refractivity contribution in [3.05, 3.63) is 58.6 Å². The molecule has 1 amide bonds. The Morgan fingerprint density at radius 2 is 1.96 bits per heavy atom. The highest BCUT2D eigenvalue weighted by atomic mass is 16.3. The average molecular weight is 349 g/mol. The third-order valence-electron chi connectivity index (χ3n) is 5.69. The Morgan fingerprint density at radius 3 is 2.77 bits per heavy atom. The maximum absolute atomic E-state index is 13.1. The van der Waals surface area contributed by atoms with Gasteiger partial charge in [0.2, 0.25) is 11.8 Å². The fourth-order valence-electron chi connectivity index (χ4n) is 4.55. The number of imidazole rings is 1. The maximum Gasteiger partial charge on any atom is 0.336 e. The minimum Gasteiger partial charge on any atom is -0.493 e. The van der Waals surface area contributed by atoms with E-state index in [4.69, 9.17) is 0 Å². The first-order chi connectivity index (χ1) is 12.6. The van der Waals surface area contributed by atoms with E-state index in [0.29, 0.717) is 30.8 Å². The third kappa shape index (κ3) is 1.81. The predicted molar refractivity (Wildman–Crippen MR) is 97.6 cm³/mol. The molecule has 132 valence electrons. The minimum atomic E-state index is -0.232. The highest BCUT2D eigenvalue weighted by molar-refractivity contribution is 5.90. The lowest BCUT2D eigenvalue weighted by Gasteiger charge is -2.27. The van der Waals surface area contributed by atoms with Gasteiger partial charge in [0, 0.05) is 18.4 Å². The van der Waals surface area contributed by atoms with Gasteiger partial charge in [0.15, 0.2) is 0 Å². The van der Waals surface area contributed by atoms with Gasteiger partial charge in [-0.15, -0.1) is 0 Å². The number of benzene rings is 2. The topological polar surface area (TPSA) is 67.5 Å². The summed E-state index contributed by atoms with van der Waals surface area (Å²) in [5, 5.41) is 12.9. The van der Waals surface area contributed by atoms with E-state index in [0.717, 1.165) is 10.8 Å². The SMILES string of the molecule is CCC(=O)N1C[C@H]2CC1c1c(O)n(-c3cccc4ccccc34)c(=O)n12. The molecule has 3 heterocycles. The van der Waals surface area contributed by atoms with Crippen LogP contribution in [0, 0.1) is 0 Å². The summed E-state index contributed by atoms with van der Waals surface area (Å²) in [5.74, 6) is 0.0148. The Hall–Kier alpha value is -3.02. The molecule has 2 bridgehead atoms. The van der Waals surface area contributed by atoms with Crippen molar-refractivity contribution in [2.45, 2.75) is 31.8 Å². The van der Waals surface area contributed by atoms with Crippen LogP contribution in [0.25, 0.3) is 16.5 Å². The van der Waals surface area contributed by atoms with Gasteiger partial charge < -0.3 is 10.0 Å². The van der Waals surface area contributed by atoms with Crippen molar-refractivity contribution in [3.8, 4) is 11.6 Å². The number of rotatable bonds is 2. The van der Waals surface area contributed by atoms with Crippen molar-refractivity contribution in [1.82, 2.24) is 14.0 Å². The van der Waals surface area contributed by atoms with E-state index in [1.807, 2.05) is 49.4 Å². The van der Waals surface area contributed by atoms with Crippen LogP contribution in [0.1, 0.15) is 37.5 Å². The van der Waals surface area contributed by atoms with Crippen LogP contribution in [-0.2, 0) is 4.79 Å². The lowest BCUT2D eigenvalue weighted by molar-refractivity contribution is -0.132. The number of likely N-dealkylation sites (tertiary alicyclic amines) is 1. The smallest absolute Gasteiger partial charge is 0.336 e. The van der Waals surface area contributed by atoms with Crippen molar-refractivity contribution in [2.24, 2.45) is 0 Å². The second-order valence-corrected chi connectivity index (χ2v) is 7.00. The van der Waals surface area contributed by atoms with Gasteiger partial charge in [0.05, 0.1) is 17.8 Å². The van der Waals surface area contributed by atoms with Gasteiger partial charge in [-0.2, -0.15) is 0 Å². The maximum atomic E-state index is 13.1.